The van der Waals surface area contributed by atoms with Gasteiger partial charge in [-0.25, -0.2) is 9.59 Å². The van der Waals surface area contributed by atoms with E-state index in [0.29, 0.717) is 5.92 Å². The van der Waals surface area contributed by atoms with E-state index < -0.39 is 24.1 Å². The van der Waals surface area contributed by atoms with E-state index in [1.54, 1.807) is 0 Å². The van der Waals surface area contributed by atoms with Crippen molar-refractivity contribution >= 4 is 11.9 Å². The van der Waals surface area contributed by atoms with E-state index in [1.165, 1.54) is 78.1 Å². The third-order valence-corrected chi connectivity index (χ3v) is 8.35. The standard InChI is InChI=1S/C29H50O6/c1-5-6-7-8-23-9-13-26(14-10-23)27-15-11-24(12-16-27)17-25(19-35-29(33)22(4)31)18-34-28(32)20(2)21(3)30/h21-27,30-31H,2,5-19H2,1,3-4H3. The van der Waals surface area contributed by atoms with Crippen molar-refractivity contribution in [3.8, 4) is 0 Å². The van der Waals surface area contributed by atoms with Gasteiger partial charge in [0.2, 0.25) is 0 Å². The van der Waals surface area contributed by atoms with Gasteiger partial charge in [0.15, 0.2) is 0 Å². The largest absolute Gasteiger partial charge is 0.463 e. The number of hydrogen-bond acceptors (Lipinski definition) is 6. The summed E-state index contributed by atoms with van der Waals surface area (Å²) in [6.45, 7) is 8.93. The molecule has 0 heterocycles. The van der Waals surface area contributed by atoms with Crippen LogP contribution in [0.25, 0.3) is 0 Å². The molecule has 3 atom stereocenters. The third kappa shape index (κ3) is 10.6. The van der Waals surface area contributed by atoms with E-state index in [9.17, 15) is 19.8 Å². The van der Waals surface area contributed by atoms with E-state index in [-0.39, 0.29) is 24.7 Å². The Kier molecular flexibility index (Phi) is 13.3. The van der Waals surface area contributed by atoms with Gasteiger partial charge in [0.05, 0.1) is 24.9 Å². The average Bonchev–Trinajstić information content (AvgIpc) is 2.85. The average molecular weight is 495 g/mol. The highest BCUT2D eigenvalue weighted by molar-refractivity contribution is 5.88. The lowest BCUT2D eigenvalue weighted by Crippen LogP contribution is -2.30. The minimum absolute atomic E-state index is 0.0188. The van der Waals surface area contributed by atoms with E-state index in [0.717, 1.165) is 37.0 Å². The summed E-state index contributed by atoms with van der Waals surface area (Å²) in [6.07, 6.45) is 14.6. The zero-order valence-electron chi connectivity index (χ0n) is 22.4. The van der Waals surface area contributed by atoms with Crippen molar-refractivity contribution in [2.24, 2.45) is 29.6 Å². The van der Waals surface area contributed by atoms with E-state index in [2.05, 4.69) is 13.5 Å². The summed E-state index contributed by atoms with van der Waals surface area (Å²) in [5.74, 6) is 1.76. The molecule has 0 saturated heterocycles. The number of aliphatic hydroxyl groups is 2. The molecule has 6 heteroatoms. The Bertz CT molecular complexity index is 642. The SMILES string of the molecule is C=C(C(=O)OCC(COC(=O)C(C)O)CC1CCC(C2CCC(CCCCC)CC2)CC1)C(C)O. The predicted molar refractivity (Wildman–Crippen MR) is 138 cm³/mol. The lowest BCUT2D eigenvalue weighted by molar-refractivity contribution is -0.155. The molecule has 0 spiro atoms. The molecule has 0 aromatic carbocycles. The second-order valence-corrected chi connectivity index (χ2v) is 11.3. The van der Waals surface area contributed by atoms with Crippen molar-refractivity contribution in [2.45, 2.75) is 116 Å². The maximum absolute atomic E-state index is 12.1. The van der Waals surface area contributed by atoms with Crippen LogP contribution in [0, 0.1) is 29.6 Å². The molecule has 202 valence electrons. The summed E-state index contributed by atoms with van der Waals surface area (Å²) in [5, 5.41) is 19.0. The van der Waals surface area contributed by atoms with Gasteiger partial charge in [-0.05, 0) is 69.6 Å². The topological polar surface area (TPSA) is 93.1 Å². The molecule has 2 fully saturated rings. The second-order valence-electron chi connectivity index (χ2n) is 11.3. The first-order chi connectivity index (χ1) is 16.7. The van der Waals surface area contributed by atoms with Gasteiger partial charge in [0.1, 0.15) is 6.10 Å². The van der Waals surface area contributed by atoms with E-state index >= 15 is 0 Å². The molecule has 2 rings (SSSR count). The van der Waals surface area contributed by atoms with Crippen molar-refractivity contribution in [2.75, 3.05) is 13.2 Å². The third-order valence-electron chi connectivity index (χ3n) is 8.35. The molecule has 0 radical (unpaired) electrons. The maximum atomic E-state index is 12.1. The van der Waals surface area contributed by atoms with Gasteiger partial charge in [-0.3, -0.25) is 0 Å². The van der Waals surface area contributed by atoms with Crippen LogP contribution < -0.4 is 0 Å². The number of unbranched alkanes of at least 4 members (excludes halogenated alkanes) is 2. The summed E-state index contributed by atoms with van der Waals surface area (Å²) in [6, 6.07) is 0. The first-order valence-electron chi connectivity index (χ1n) is 14.1. The van der Waals surface area contributed by atoms with E-state index in [1.807, 2.05) is 0 Å². The highest BCUT2D eigenvalue weighted by Crippen LogP contribution is 2.43. The Balaban J connectivity index is 1.79. The molecule has 0 aromatic rings. The monoisotopic (exact) mass is 494 g/mol. The number of esters is 2. The molecular weight excluding hydrogens is 444 g/mol. The maximum Gasteiger partial charge on any atom is 0.336 e. The number of aliphatic hydroxyl groups excluding tert-OH is 2. The molecule has 3 unspecified atom stereocenters. The molecule has 0 bridgehead atoms. The fourth-order valence-electron chi connectivity index (χ4n) is 5.96. The Labute approximate surface area is 212 Å². The molecule has 2 saturated carbocycles. The Hall–Kier alpha value is -1.40. The molecule has 0 aliphatic heterocycles. The van der Waals surface area contributed by atoms with Crippen LogP contribution in [0.2, 0.25) is 0 Å². The number of rotatable bonds is 14. The van der Waals surface area contributed by atoms with Crippen LogP contribution in [-0.2, 0) is 19.1 Å². The van der Waals surface area contributed by atoms with Crippen LogP contribution in [0.5, 0.6) is 0 Å². The van der Waals surface area contributed by atoms with Crippen molar-refractivity contribution in [3.05, 3.63) is 12.2 Å². The summed E-state index contributed by atoms with van der Waals surface area (Å²) in [7, 11) is 0. The number of ether oxygens (including phenoxy) is 2. The zero-order valence-corrected chi connectivity index (χ0v) is 22.4. The van der Waals surface area contributed by atoms with Gasteiger partial charge in [0.25, 0.3) is 0 Å². The number of carbonyl (C=O) groups excluding carboxylic acids is 2. The van der Waals surface area contributed by atoms with Crippen molar-refractivity contribution in [1.82, 2.24) is 0 Å². The molecule has 0 amide bonds. The van der Waals surface area contributed by atoms with E-state index in [4.69, 9.17) is 9.47 Å². The van der Waals surface area contributed by atoms with Crippen LogP contribution >= 0.6 is 0 Å². The lowest BCUT2D eigenvalue weighted by Gasteiger charge is -2.38. The zero-order chi connectivity index (χ0) is 25.8. The van der Waals surface area contributed by atoms with Crippen LogP contribution in [0.1, 0.15) is 104 Å². The highest BCUT2D eigenvalue weighted by atomic mass is 16.6. The minimum Gasteiger partial charge on any atom is -0.463 e. The molecule has 6 nitrogen and oxygen atoms in total. The van der Waals surface area contributed by atoms with Gasteiger partial charge in [-0.2, -0.15) is 0 Å². The first-order valence-corrected chi connectivity index (χ1v) is 14.1. The first kappa shape index (κ1) is 29.8. The minimum atomic E-state index is -1.18. The Morgan fingerprint density at radius 3 is 1.89 bits per heavy atom. The fourth-order valence-corrected chi connectivity index (χ4v) is 5.96. The molecule has 35 heavy (non-hydrogen) atoms. The summed E-state index contributed by atoms with van der Waals surface area (Å²) in [4.78, 5) is 23.9. The summed E-state index contributed by atoms with van der Waals surface area (Å²) < 4.78 is 10.6. The van der Waals surface area contributed by atoms with Gasteiger partial charge < -0.3 is 19.7 Å². The van der Waals surface area contributed by atoms with Crippen molar-refractivity contribution in [3.63, 3.8) is 0 Å². The van der Waals surface area contributed by atoms with Gasteiger partial charge in [-0.15, -0.1) is 0 Å². The molecular formula is C29H50O6. The number of hydrogen-bond donors (Lipinski definition) is 2. The summed E-state index contributed by atoms with van der Waals surface area (Å²) >= 11 is 0. The predicted octanol–water partition coefficient (Wildman–Crippen LogP) is 5.59. The van der Waals surface area contributed by atoms with Crippen LogP contribution in [0.4, 0.5) is 0 Å². The Morgan fingerprint density at radius 2 is 1.37 bits per heavy atom. The van der Waals surface area contributed by atoms with Crippen molar-refractivity contribution < 1.29 is 29.3 Å². The normalized spacial score (nSPS) is 27.5. The number of carbonyl (C=O) groups is 2. The lowest BCUT2D eigenvalue weighted by atomic mass is 9.68. The fraction of sp³-hybridized carbons (Fsp3) is 0.862. The molecule has 2 N–H and O–H groups in total. The molecule has 2 aliphatic carbocycles. The Morgan fingerprint density at radius 1 is 0.829 bits per heavy atom. The van der Waals surface area contributed by atoms with Crippen LogP contribution in [0.15, 0.2) is 12.2 Å². The second kappa shape index (κ2) is 15.7. The molecule has 0 aromatic heterocycles. The molecule has 2 aliphatic rings. The van der Waals surface area contributed by atoms with Gasteiger partial charge >= 0.3 is 11.9 Å². The summed E-state index contributed by atoms with van der Waals surface area (Å²) in [5.41, 5.74) is 0.0188. The van der Waals surface area contributed by atoms with Gasteiger partial charge in [0, 0.05) is 5.92 Å². The van der Waals surface area contributed by atoms with Crippen LogP contribution in [0.3, 0.4) is 0 Å². The van der Waals surface area contributed by atoms with Crippen LogP contribution in [-0.4, -0.2) is 47.6 Å². The van der Waals surface area contributed by atoms with Gasteiger partial charge in [-0.1, -0.05) is 64.9 Å². The van der Waals surface area contributed by atoms with Crippen molar-refractivity contribution in [1.29, 1.82) is 0 Å². The highest BCUT2D eigenvalue weighted by Gasteiger charge is 2.32. The quantitative estimate of drug-likeness (QED) is 0.186. The smallest absolute Gasteiger partial charge is 0.336 e.